The molecule has 1 aromatic rings. The van der Waals surface area contributed by atoms with Crippen LogP contribution in [0.2, 0.25) is 0 Å². The van der Waals surface area contributed by atoms with Crippen molar-refractivity contribution in [2.24, 2.45) is 0 Å². The Morgan fingerprint density at radius 2 is 2.00 bits per heavy atom. The van der Waals surface area contributed by atoms with Crippen molar-refractivity contribution in [1.29, 1.82) is 0 Å². The van der Waals surface area contributed by atoms with Crippen LogP contribution in [0, 0.1) is 0 Å². The number of thioether (sulfide) groups is 1. The summed E-state index contributed by atoms with van der Waals surface area (Å²) in [4.78, 5) is 11.1. The highest BCUT2D eigenvalue weighted by Crippen LogP contribution is 2.31. The standard InChI is InChI=1S/C14H16OS/c1-2-3-4-11-5-7-12(8-6-11)13-9-14(15)16-10-13/h5-8,10H,2-4,9H2,1H3. The minimum Gasteiger partial charge on any atom is -0.286 e. The Labute approximate surface area is 101 Å². The highest BCUT2D eigenvalue weighted by atomic mass is 32.2. The molecule has 0 saturated heterocycles. The van der Waals surface area contributed by atoms with E-state index in [-0.39, 0.29) is 5.12 Å². The molecule has 2 heteroatoms. The SMILES string of the molecule is CCCCc1ccc(C2=CSC(=O)C2)cc1. The maximum absolute atomic E-state index is 11.1. The van der Waals surface area contributed by atoms with Crippen LogP contribution in [0.4, 0.5) is 0 Å². The number of unbranched alkanes of at least 4 members (excludes halogenated alkanes) is 1. The van der Waals surface area contributed by atoms with Gasteiger partial charge in [-0.15, -0.1) is 0 Å². The van der Waals surface area contributed by atoms with Crippen LogP contribution in [-0.4, -0.2) is 5.12 Å². The molecule has 0 spiro atoms. The molecule has 1 heterocycles. The molecule has 0 unspecified atom stereocenters. The van der Waals surface area contributed by atoms with E-state index in [4.69, 9.17) is 0 Å². The minimum atomic E-state index is 0.255. The molecule has 0 aromatic heterocycles. The first-order valence-electron chi connectivity index (χ1n) is 5.77. The van der Waals surface area contributed by atoms with Crippen molar-refractivity contribution < 1.29 is 4.79 Å². The van der Waals surface area contributed by atoms with Crippen LogP contribution >= 0.6 is 11.8 Å². The van der Waals surface area contributed by atoms with Crippen molar-refractivity contribution in [3.05, 3.63) is 40.8 Å². The number of rotatable bonds is 4. The number of aryl methyl sites for hydroxylation is 1. The molecule has 1 nitrogen and oxygen atoms in total. The summed E-state index contributed by atoms with van der Waals surface area (Å²) in [5.74, 6) is 0. The molecule has 1 aliphatic heterocycles. The Kier molecular flexibility index (Phi) is 3.83. The molecule has 2 rings (SSSR count). The van der Waals surface area contributed by atoms with E-state index in [1.165, 1.54) is 35.7 Å². The Bertz CT molecular complexity index is 403. The zero-order chi connectivity index (χ0) is 11.4. The summed E-state index contributed by atoms with van der Waals surface area (Å²) in [5, 5.41) is 2.23. The fourth-order valence-electron chi connectivity index (χ4n) is 1.81. The summed E-state index contributed by atoms with van der Waals surface area (Å²) in [6.07, 6.45) is 4.22. The molecule has 0 saturated carbocycles. The number of carbonyl (C=O) groups is 1. The van der Waals surface area contributed by atoms with Gasteiger partial charge in [-0.2, -0.15) is 0 Å². The molecule has 0 amide bonds. The van der Waals surface area contributed by atoms with Gasteiger partial charge in [0.25, 0.3) is 0 Å². The molecular formula is C14H16OS. The van der Waals surface area contributed by atoms with Crippen LogP contribution in [0.25, 0.3) is 5.57 Å². The van der Waals surface area contributed by atoms with Crippen molar-refractivity contribution in [3.63, 3.8) is 0 Å². The monoisotopic (exact) mass is 232 g/mol. The van der Waals surface area contributed by atoms with Crippen molar-refractivity contribution in [1.82, 2.24) is 0 Å². The second-order valence-corrected chi connectivity index (χ2v) is 5.04. The topological polar surface area (TPSA) is 17.1 Å². The van der Waals surface area contributed by atoms with E-state index in [9.17, 15) is 4.79 Å². The lowest BCUT2D eigenvalue weighted by Crippen LogP contribution is -1.88. The van der Waals surface area contributed by atoms with Gasteiger partial charge in [0.05, 0.1) is 0 Å². The van der Waals surface area contributed by atoms with Crippen LogP contribution in [0.1, 0.15) is 37.3 Å². The molecule has 84 valence electrons. The van der Waals surface area contributed by atoms with E-state index in [1.807, 2.05) is 5.41 Å². The molecule has 0 bridgehead atoms. The maximum Gasteiger partial charge on any atom is 0.197 e. The van der Waals surface area contributed by atoms with Crippen LogP contribution in [0.5, 0.6) is 0 Å². The summed E-state index contributed by atoms with van der Waals surface area (Å²) in [6.45, 7) is 2.21. The molecule has 0 N–H and O–H groups in total. The van der Waals surface area contributed by atoms with Gasteiger partial charge >= 0.3 is 0 Å². The lowest BCUT2D eigenvalue weighted by molar-refractivity contribution is -0.109. The van der Waals surface area contributed by atoms with Crippen molar-refractivity contribution in [3.8, 4) is 0 Å². The summed E-state index contributed by atoms with van der Waals surface area (Å²) in [6, 6.07) is 8.63. The van der Waals surface area contributed by atoms with Crippen LogP contribution in [0.15, 0.2) is 29.7 Å². The average molecular weight is 232 g/mol. The highest BCUT2D eigenvalue weighted by Gasteiger charge is 2.14. The third kappa shape index (κ3) is 2.76. The molecular weight excluding hydrogens is 216 g/mol. The lowest BCUT2D eigenvalue weighted by atomic mass is 10.0. The van der Waals surface area contributed by atoms with Gasteiger partial charge in [-0.3, -0.25) is 4.79 Å². The quantitative estimate of drug-likeness (QED) is 0.779. The first-order valence-corrected chi connectivity index (χ1v) is 6.65. The van der Waals surface area contributed by atoms with Crippen LogP contribution in [0.3, 0.4) is 0 Å². The first-order chi connectivity index (χ1) is 7.79. The smallest absolute Gasteiger partial charge is 0.197 e. The van der Waals surface area contributed by atoms with E-state index in [2.05, 4.69) is 31.2 Å². The summed E-state index contributed by atoms with van der Waals surface area (Å²) in [7, 11) is 0. The molecule has 0 aliphatic carbocycles. The molecule has 1 aromatic carbocycles. The van der Waals surface area contributed by atoms with Gasteiger partial charge < -0.3 is 0 Å². The first kappa shape index (κ1) is 11.5. The third-order valence-corrected chi connectivity index (χ3v) is 3.62. The van der Waals surface area contributed by atoms with E-state index in [0.29, 0.717) is 6.42 Å². The molecule has 16 heavy (non-hydrogen) atoms. The fraction of sp³-hybridized carbons (Fsp3) is 0.357. The van der Waals surface area contributed by atoms with Crippen molar-refractivity contribution >= 4 is 22.5 Å². The second kappa shape index (κ2) is 5.35. The van der Waals surface area contributed by atoms with Crippen molar-refractivity contribution in [2.45, 2.75) is 32.6 Å². The van der Waals surface area contributed by atoms with E-state index in [0.717, 1.165) is 12.0 Å². The van der Waals surface area contributed by atoms with Gasteiger partial charge in [0.15, 0.2) is 5.12 Å². The predicted molar refractivity (Wildman–Crippen MR) is 70.2 cm³/mol. The molecule has 0 fully saturated rings. The summed E-state index contributed by atoms with van der Waals surface area (Å²) in [5.41, 5.74) is 3.75. The normalized spacial score (nSPS) is 15.3. The van der Waals surface area contributed by atoms with Crippen LogP contribution in [-0.2, 0) is 11.2 Å². The Morgan fingerprint density at radius 1 is 1.25 bits per heavy atom. The summed E-state index contributed by atoms with van der Waals surface area (Å²) >= 11 is 1.32. The Balaban J connectivity index is 2.05. The second-order valence-electron chi connectivity index (χ2n) is 4.11. The number of hydrogen-bond acceptors (Lipinski definition) is 2. The number of benzene rings is 1. The fourth-order valence-corrected chi connectivity index (χ4v) is 2.54. The van der Waals surface area contributed by atoms with Gasteiger partial charge in [0.1, 0.15) is 0 Å². The van der Waals surface area contributed by atoms with Crippen molar-refractivity contribution in [2.75, 3.05) is 0 Å². The van der Waals surface area contributed by atoms with E-state index < -0.39 is 0 Å². The molecule has 0 atom stereocenters. The number of carbonyl (C=O) groups excluding carboxylic acids is 1. The molecule has 0 radical (unpaired) electrons. The zero-order valence-corrected chi connectivity index (χ0v) is 10.3. The lowest BCUT2D eigenvalue weighted by Gasteiger charge is -2.03. The predicted octanol–water partition coefficient (Wildman–Crippen LogP) is 4.03. The van der Waals surface area contributed by atoms with Gasteiger partial charge in [0, 0.05) is 6.42 Å². The highest BCUT2D eigenvalue weighted by molar-refractivity contribution is 8.16. The third-order valence-electron chi connectivity index (χ3n) is 2.81. The number of hydrogen-bond donors (Lipinski definition) is 0. The van der Waals surface area contributed by atoms with Crippen LogP contribution < -0.4 is 0 Å². The minimum absolute atomic E-state index is 0.255. The summed E-state index contributed by atoms with van der Waals surface area (Å²) < 4.78 is 0. The number of allylic oxidation sites excluding steroid dienone is 1. The Morgan fingerprint density at radius 3 is 2.56 bits per heavy atom. The van der Waals surface area contributed by atoms with Gasteiger partial charge in [-0.05, 0) is 34.9 Å². The van der Waals surface area contributed by atoms with E-state index in [1.54, 1.807) is 0 Å². The maximum atomic E-state index is 11.1. The van der Waals surface area contributed by atoms with Gasteiger partial charge in [0.2, 0.25) is 0 Å². The average Bonchev–Trinajstić information content (AvgIpc) is 2.74. The van der Waals surface area contributed by atoms with Gasteiger partial charge in [-0.1, -0.05) is 49.4 Å². The largest absolute Gasteiger partial charge is 0.286 e. The zero-order valence-electron chi connectivity index (χ0n) is 9.53. The molecule has 1 aliphatic rings. The van der Waals surface area contributed by atoms with E-state index >= 15 is 0 Å². The van der Waals surface area contributed by atoms with Gasteiger partial charge in [-0.25, -0.2) is 0 Å². The Hall–Kier alpha value is -1.02.